The van der Waals surface area contributed by atoms with Gasteiger partial charge in [0, 0.05) is 61.2 Å². The van der Waals surface area contributed by atoms with E-state index in [2.05, 4.69) is 16.0 Å². The van der Waals surface area contributed by atoms with Gasteiger partial charge in [-0.15, -0.1) is 0 Å². The second kappa shape index (κ2) is 27.2. The number of amides is 9. The second-order valence-corrected chi connectivity index (χ2v) is 21.2. The number of carbonyl (C=O) groups is 9. The molecule has 2 aromatic carbocycles. The number of nitrogens with zero attached hydrogens (tertiary/aromatic N) is 6. The SMILES string of the molecule is CC(C)C[C@H]1C(=O)N(C)[C@@H](Cc2ccccc2)C(=O)NC(C(=O)N2CCCCC2)CC(=O)N(C)[C@@H](C)C(=O)N[C@@H](C(C)O)C(=O)N(C)CC(=O)N[C@@H](COC(C)(C)C)C(=O)N(C)[C@@H](Cc2ccccc2)C(=O)N1C. The molecule has 2 unspecified atom stereocenters. The van der Waals surface area contributed by atoms with Crippen molar-refractivity contribution < 1.29 is 53.0 Å². The maximum Gasteiger partial charge on any atom is 0.248 e. The van der Waals surface area contributed by atoms with Gasteiger partial charge in [-0.25, -0.2) is 0 Å². The van der Waals surface area contributed by atoms with E-state index in [1.807, 2.05) is 13.8 Å². The van der Waals surface area contributed by atoms with Crippen LogP contribution in [0.1, 0.15) is 91.7 Å². The van der Waals surface area contributed by atoms with Gasteiger partial charge >= 0.3 is 0 Å². The van der Waals surface area contributed by atoms with Gasteiger partial charge in [0.05, 0.1) is 31.3 Å². The highest BCUT2D eigenvalue weighted by atomic mass is 16.5. The fourth-order valence-corrected chi connectivity index (χ4v) is 8.97. The average Bonchev–Trinajstić information content (AvgIpc) is 3.36. The van der Waals surface area contributed by atoms with Crippen molar-refractivity contribution in [2.24, 2.45) is 5.92 Å². The number of carbonyl (C=O) groups excluding carboxylic acids is 9. The fourth-order valence-electron chi connectivity index (χ4n) is 8.97. The Morgan fingerprint density at radius 3 is 1.70 bits per heavy atom. The molecule has 2 fully saturated rings. The molecule has 0 aromatic heterocycles. The maximum atomic E-state index is 15.2. The lowest BCUT2D eigenvalue weighted by molar-refractivity contribution is -0.153. The smallest absolute Gasteiger partial charge is 0.248 e. The first-order valence-electron chi connectivity index (χ1n) is 25.6. The van der Waals surface area contributed by atoms with Crippen LogP contribution in [-0.4, -0.2) is 203 Å². The van der Waals surface area contributed by atoms with Crippen molar-refractivity contribution in [3.63, 3.8) is 0 Å². The second-order valence-electron chi connectivity index (χ2n) is 21.2. The minimum Gasteiger partial charge on any atom is -0.391 e. The van der Waals surface area contributed by atoms with Crippen LogP contribution in [0.15, 0.2) is 60.7 Å². The summed E-state index contributed by atoms with van der Waals surface area (Å²) in [6.07, 6.45) is 0.361. The molecular formula is C54H81N9O11. The number of rotatable bonds is 10. The molecule has 9 amide bonds. The number of nitrogens with one attached hydrogen (secondary N) is 3. The number of likely N-dealkylation sites (tertiary alicyclic amines) is 1. The molecule has 2 aliphatic rings. The van der Waals surface area contributed by atoms with Gasteiger partial charge in [-0.1, -0.05) is 74.5 Å². The molecule has 0 aliphatic carbocycles. The summed E-state index contributed by atoms with van der Waals surface area (Å²) >= 11 is 0. The highest BCUT2D eigenvalue weighted by Gasteiger charge is 2.42. The Hall–Kier alpha value is -6.41. The topological polar surface area (TPSA) is 239 Å². The molecule has 408 valence electrons. The zero-order valence-electron chi connectivity index (χ0n) is 45.5. The van der Waals surface area contributed by atoms with Crippen molar-refractivity contribution >= 4 is 53.2 Å². The maximum absolute atomic E-state index is 15.2. The molecule has 2 saturated heterocycles. The summed E-state index contributed by atoms with van der Waals surface area (Å²) in [7, 11) is 6.96. The number of piperidine rings is 1. The Morgan fingerprint density at radius 1 is 0.662 bits per heavy atom. The van der Waals surface area contributed by atoms with Crippen LogP contribution >= 0.6 is 0 Å². The number of ether oxygens (including phenoxy) is 1. The number of hydrogen-bond acceptors (Lipinski definition) is 11. The van der Waals surface area contributed by atoms with Crippen LogP contribution in [0.4, 0.5) is 0 Å². The van der Waals surface area contributed by atoms with E-state index in [9.17, 15) is 38.7 Å². The lowest BCUT2D eigenvalue weighted by atomic mass is 9.97. The van der Waals surface area contributed by atoms with Crippen LogP contribution in [0.2, 0.25) is 0 Å². The summed E-state index contributed by atoms with van der Waals surface area (Å²) < 4.78 is 6.03. The molecule has 20 heteroatoms. The van der Waals surface area contributed by atoms with E-state index in [4.69, 9.17) is 4.74 Å². The largest absolute Gasteiger partial charge is 0.391 e. The third kappa shape index (κ3) is 16.8. The average molecular weight is 1030 g/mol. The predicted molar refractivity (Wildman–Crippen MR) is 278 cm³/mol. The summed E-state index contributed by atoms with van der Waals surface area (Å²) in [4.78, 5) is 138. The van der Waals surface area contributed by atoms with Crippen molar-refractivity contribution in [3.05, 3.63) is 71.8 Å². The summed E-state index contributed by atoms with van der Waals surface area (Å²) in [5.74, 6) is -6.59. The van der Waals surface area contributed by atoms with E-state index in [1.165, 1.54) is 63.8 Å². The Morgan fingerprint density at radius 2 is 1.18 bits per heavy atom. The molecule has 74 heavy (non-hydrogen) atoms. The fraction of sp³-hybridized carbons (Fsp3) is 0.611. The minimum absolute atomic E-state index is 0.00678. The van der Waals surface area contributed by atoms with E-state index in [1.54, 1.807) is 86.3 Å². The lowest BCUT2D eigenvalue weighted by Gasteiger charge is -2.39. The van der Waals surface area contributed by atoms with Gasteiger partial charge in [-0.2, -0.15) is 0 Å². The molecule has 4 rings (SSSR count). The minimum atomic E-state index is -1.59. The Bertz CT molecular complexity index is 2270. The normalized spacial score (nSPS) is 25.1. The highest BCUT2D eigenvalue weighted by Crippen LogP contribution is 2.22. The lowest BCUT2D eigenvalue weighted by Crippen LogP contribution is -2.61. The Balaban J connectivity index is 1.91. The number of hydrogen-bond donors (Lipinski definition) is 4. The van der Waals surface area contributed by atoms with E-state index in [-0.39, 0.29) is 31.8 Å². The molecule has 2 aliphatic heterocycles. The molecule has 2 heterocycles. The number of aliphatic hydroxyl groups is 1. The highest BCUT2D eigenvalue weighted by molar-refractivity contribution is 5.99. The molecule has 0 radical (unpaired) electrons. The van der Waals surface area contributed by atoms with Gasteiger partial charge < -0.3 is 55.2 Å². The van der Waals surface area contributed by atoms with E-state index >= 15 is 9.59 Å². The number of likely N-dealkylation sites (N-methyl/N-ethyl adjacent to an activating group) is 5. The Kier molecular flexibility index (Phi) is 22.1. The first-order chi connectivity index (χ1) is 34.7. The van der Waals surface area contributed by atoms with Gasteiger partial charge in [0.15, 0.2) is 0 Å². The third-order valence-electron chi connectivity index (χ3n) is 13.7. The monoisotopic (exact) mass is 1030 g/mol. The first-order valence-corrected chi connectivity index (χ1v) is 25.6. The third-order valence-corrected chi connectivity index (χ3v) is 13.7. The van der Waals surface area contributed by atoms with Gasteiger partial charge in [-0.3, -0.25) is 43.2 Å². The zero-order chi connectivity index (χ0) is 55.2. The molecule has 20 nitrogen and oxygen atoms in total. The van der Waals surface area contributed by atoms with E-state index in [0.717, 1.165) is 16.2 Å². The van der Waals surface area contributed by atoms with Crippen LogP contribution in [-0.2, 0) is 60.7 Å². The molecular weight excluding hydrogens is 951 g/mol. The van der Waals surface area contributed by atoms with Crippen molar-refractivity contribution in [2.75, 3.05) is 61.5 Å². The van der Waals surface area contributed by atoms with Gasteiger partial charge in [-0.05, 0) is 77.3 Å². The molecule has 8 atom stereocenters. The van der Waals surface area contributed by atoms with Crippen LogP contribution in [0, 0.1) is 5.92 Å². The van der Waals surface area contributed by atoms with Gasteiger partial charge in [0.25, 0.3) is 0 Å². The predicted octanol–water partition coefficient (Wildman–Crippen LogP) is 1.37. The first kappa shape index (κ1) is 60.1. The molecule has 4 N–H and O–H groups in total. The van der Waals surface area contributed by atoms with Crippen LogP contribution in [0.25, 0.3) is 0 Å². The standard InChI is InChI=1S/C54H81N9O11/c1-34(2)28-42-51(71)60(10)41(29-37-22-16-13-17-23-37)48(68)56-39(50(70)63-26-20-15-21-27-63)31-45(66)59(9)35(3)47(67)57-46(36(4)64)53(73)58(8)32-44(65)55-40(33-74-54(5,6)7)49(69)61(11)43(52(72)62(42)12)30-38-24-18-14-19-25-38/h13-14,16-19,22-25,34-36,39-43,46,64H,15,20-21,26-33H2,1-12H3,(H,55,65)(H,56,68)(H,57,67)/t35-,36?,39?,40-,41-,42-,43-,46-/m0/s1. The van der Waals surface area contributed by atoms with Crippen molar-refractivity contribution in [1.29, 1.82) is 0 Å². The zero-order valence-corrected chi connectivity index (χ0v) is 45.5. The summed E-state index contributed by atoms with van der Waals surface area (Å²) in [6.45, 7) is 11.5. The van der Waals surface area contributed by atoms with E-state index in [0.29, 0.717) is 37.1 Å². The van der Waals surface area contributed by atoms with Gasteiger partial charge in [0.2, 0.25) is 53.2 Å². The Labute approximate surface area is 436 Å². The molecule has 2 aromatic rings. The van der Waals surface area contributed by atoms with Crippen molar-refractivity contribution in [3.8, 4) is 0 Å². The van der Waals surface area contributed by atoms with Crippen LogP contribution in [0.3, 0.4) is 0 Å². The molecule has 0 bridgehead atoms. The number of aliphatic hydroxyl groups excluding tert-OH is 1. The van der Waals surface area contributed by atoms with Crippen molar-refractivity contribution in [2.45, 2.75) is 147 Å². The summed E-state index contributed by atoms with van der Waals surface area (Å²) in [6, 6.07) is 8.51. The summed E-state index contributed by atoms with van der Waals surface area (Å²) in [5.41, 5.74) is 0.572. The summed E-state index contributed by atoms with van der Waals surface area (Å²) in [5, 5.41) is 18.8. The quantitative estimate of drug-likeness (QED) is 0.265. The van der Waals surface area contributed by atoms with E-state index < -0.39 is 120 Å². The van der Waals surface area contributed by atoms with Crippen LogP contribution < -0.4 is 16.0 Å². The van der Waals surface area contributed by atoms with Crippen molar-refractivity contribution in [1.82, 2.24) is 45.3 Å². The van der Waals surface area contributed by atoms with Gasteiger partial charge in [0.1, 0.15) is 42.3 Å². The molecule has 0 spiro atoms. The number of benzene rings is 2. The van der Waals surface area contributed by atoms with Crippen LogP contribution in [0.5, 0.6) is 0 Å². The molecule has 0 saturated carbocycles.